The van der Waals surface area contributed by atoms with Crippen LogP contribution in [-0.2, 0) is 6.42 Å². The number of phenolic OH excluding ortho intramolecular Hbond substituents is 1. The first kappa shape index (κ1) is 17.6. The molecule has 2 aromatic rings. The van der Waals surface area contributed by atoms with E-state index in [4.69, 9.17) is 33.7 Å². The number of nitrogens with two attached hydrogens (primary N) is 1. The zero-order chi connectivity index (χ0) is 15.1. The second-order valence-electron chi connectivity index (χ2n) is 4.85. The van der Waals surface area contributed by atoms with Crippen LogP contribution in [0.15, 0.2) is 24.3 Å². The van der Waals surface area contributed by atoms with Crippen LogP contribution in [0, 0.1) is 5.82 Å². The topological polar surface area (TPSA) is 55.5 Å². The molecule has 1 aliphatic rings. The van der Waals surface area contributed by atoms with Gasteiger partial charge >= 0.3 is 0 Å². The fraction of sp³-hybridized carbons (Fsp3) is 0.200. The lowest BCUT2D eigenvalue weighted by molar-refractivity contribution is -0.00000620. The van der Waals surface area contributed by atoms with Crippen LogP contribution in [0.25, 0.3) is 11.1 Å². The van der Waals surface area contributed by atoms with Crippen molar-refractivity contribution in [2.75, 3.05) is 6.54 Å². The van der Waals surface area contributed by atoms with Gasteiger partial charge in [0.25, 0.3) is 0 Å². The molecule has 0 radical (unpaired) electrons. The van der Waals surface area contributed by atoms with Crippen LogP contribution < -0.4 is 34.4 Å². The second kappa shape index (κ2) is 6.78. The van der Waals surface area contributed by atoms with Crippen LogP contribution in [0.2, 0.25) is 10.0 Å². The van der Waals surface area contributed by atoms with Crippen LogP contribution in [0.5, 0.6) is 11.5 Å². The van der Waals surface area contributed by atoms with Crippen molar-refractivity contribution < 1.29 is 38.2 Å². The van der Waals surface area contributed by atoms with E-state index in [1.807, 2.05) is 0 Å². The zero-order valence-electron chi connectivity index (χ0n) is 11.2. The van der Waals surface area contributed by atoms with Gasteiger partial charge in [-0.25, -0.2) is 4.39 Å². The quantitative estimate of drug-likeness (QED) is 0.659. The molecule has 1 unspecified atom stereocenters. The molecule has 3 rings (SSSR count). The highest BCUT2D eigenvalue weighted by molar-refractivity contribution is 6.39. The normalized spacial score (nSPS) is 15.9. The van der Waals surface area contributed by atoms with E-state index in [9.17, 15) is 9.50 Å². The number of halogens is 4. The largest absolute Gasteiger partial charge is 1.00 e. The van der Waals surface area contributed by atoms with E-state index >= 15 is 0 Å². The maximum atomic E-state index is 14.0. The summed E-state index contributed by atoms with van der Waals surface area (Å²) >= 11 is 12.3. The molecule has 1 heterocycles. The number of ether oxygens (including phenoxy) is 1. The molecule has 7 heteroatoms. The summed E-state index contributed by atoms with van der Waals surface area (Å²) in [5.74, 6) is -0.873. The number of aromatic hydroxyl groups is 1. The summed E-state index contributed by atoms with van der Waals surface area (Å²) in [6.45, 7) is 0.298. The van der Waals surface area contributed by atoms with E-state index in [0.29, 0.717) is 39.9 Å². The lowest BCUT2D eigenvalue weighted by Crippen LogP contribution is -3.00. The Hall–Kier alpha value is -0.760. The Balaban J connectivity index is 0.00000176. The molecule has 3 nitrogen and oxygen atoms in total. The van der Waals surface area contributed by atoms with Crippen LogP contribution >= 0.6 is 23.2 Å². The molecular weight excluding hydrogens is 443 g/mol. The Bertz CT molecular complexity index is 707. The molecule has 2 aromatic carbocycles. The van der Waals surface area contributed by atoms with Gasteiger partial charge in [0, 0.05) is 24.1 Å². The van der Waals surface area contributed by atoms with E-state index in [1.54, 1.807) is 18.2 Å². The van der Waals surface area contributed by atoms with E-state index < -0.39 is 11.6 Å². The first-order valence-electron chi connectivity index (χ1n) is 6.38. The van der Waals surface area contributed by atoms with Crippen molar-refractivity contribution in [1.29, 1.82) is 0 Å². The molecule has 0 spiro atoms. The lowest BCUT2D eigenvalue weighted by Gasteiger charge is -2.15. The van der Waals surface area contributed by atoms with E-state index in [1.165, 1.54) is 6.07 Å². The van der Waals surface area contributed by atoms with Gasteiger partial charge in [-0.1, -0.05) is 29.3 Å². The molecule has 1 aliphatic heterocycles. The van der Waals surface area contributed by atoms with E-state index in [0.717, 1.165) is 0 Å². The third-order valence-corrected chi connectivity index (χ3v) is 4.12. The van der Waals surface area contributed by atoms with E-state index in [-0.39, 0.29) is 35.6 Å². The van der Waals surface area contributed by atoms with Gasteiger partial charge in [0.2, 0.25) is 0 Å². The minimum absolute atomic E-state index is 0. The molecular formula is C15H12Cl2FINO2-. The fourth-order valence-corrected chi connectivity index (χ4v) is 3.10. The van der Waals surface area contributed by atoms with Crippen LogP contribution in [0.3, 0.4) is 0 Å². The minimum atomic E-state index is -0.735. The smallest absolute Gasteiger partial charge is 0.166 e. The lowest BCUT2D eigenvalue weighted by atomic mass is 9.99. The highest BCUT2D eigenvalue weighted by Gasteiger charge is 2.30. The summed E-state index contributed by atoms with van der Waals surface area (Å²) in [6, 6.07) is 6.17. The Kier molecular flexibility index (Phi) is 5.42. The number of hydrogen-bond acceptors (Lipinski definition) is 3. The summed E-state index contributed by atoms with van der Waals surface area (Å²) in [4.78, 5) is 0. The van der Waals surface area contributed by atoms with Gasteiger partial charge in [0.15, 0.2) is 11.6 Å². The number of phenols is 1. The zero-order valence-corrected chi connectivity index (χ0v) is 14.9. The predicted molar refractivity (Wildman–Crippen MR) is 80.7 cm³/mol. The first-order chi connectivity index (χ1) is 10.0. The van der Waals surface area contributed by atoms with Crippen molar-refractivity contribution in [2.24, 2.45) is 5.73 Å². The van der Waals surface area contributed by atoms with Gasteiger partial charge < -0.3 is 39.6 Å². The molecule has 1 atom stereocenters. The number of hydrogen-bond donors (Lipinski definition) is 2. The molecule has 0 aliphatic carbocycles. The molecule has 0 saturated heterocycles. The van der Waals surface area contributed by atoms with Crippen molar-refractivity contribution in [3.8, 4) is 22.6 Å². The summed E-state index contributed by atoms with van der Waals surface area (Å²) in [6.07, 6.45) is 0.235. The third kappa shape index (κ3) is 2.87. The fourth-order valence-electron chi connectivity index (χ4n) is 2.51. The molecule has 0 saturated carbocycles. The highest BCUT2D eigenvalue weighted by atomic mass is 127. The summed E-state index contributed by atoms with van der Waals surface area (Å²) in [5.41, 5.74) is 6.78. The SMILES string of the molecule is NCC1Cc2cc(F)c(O)c(-c3c(Cl)cccc3Cl)c2O1.[I-]. The van der Waals surface area contributed by atoms with Crippen molar-refractivity contribution >= 4 is 23.2 Å². The van der Waals surface area contributed by atoms with Gasteiger partial charge in [-0.15, -0.1) is 0 Å². The van der Waals surface area contributed by atoms with Crippen molar-refractivity contribution in [1.82, 2.24) is 0 Å². The monoisotopic (exact) mass is 454 g/mol. The van der Waals surface area contributed by atoms with Crippen LogP contribution in [0.1, 0.15) is 5.56 Å². The number of benzene rings is 2. The van der Waals surface area contributed by atoms with Gasteiger partial charge in [-0.3, -0.25) is 0 Å². The number of fused-ring (bicyclic) bond motifs is 1. The molecule has 0 aromatic heterocycles. The maximum Gasteiger partial charge on any atom is 0.166 e. The van der Waals surface area contributed by atoms with Crippen molar-refractivity contribution in [3.63, 3.8) is 0 Å². The van der Waals surface area contributed by atoms with Crippen LogP contribution in [0.4, 0.5) is 4.39 Å². The Morgan fingerprint density at radius 2 is 1.91 bits per heavy atom. The standard InChI is InChI=1S/C15H12Cl2FNO2.HI/c16-9-2-1-3-10(17)12(9)13-14(20)11(18)5-7-4-8(6-19)21-15(7)13;/h1-3,5,8,20H,4,6,19H2;1H/p-1. The minimum Gasteiger partial charge on any atom is -1.00 e. The Morgan fingerprint density at radius 3 is 2.50 bits per heavy atom. The van der Waals surface area contributed by atoms with Gasteiger partial charge in [0.05, 0.1) is 15.6 Å². The molecule has 118 valence electrons. The number of rotatable bonds is 2. The van der Waals surface area contributed by atoms with E-state index in [2.05, 4.69) is 0 Å². The van der Waals surface area contributed by atoms with Crippen LogP contribution in [-0.4, -0.2) is 17.8 Å². The van der Waals surface area contributed by atoms with Gasteiger partial charge in [-0.2, -0.15) is 0 Å². The average Bonchev–Trinajstić information content (AvgIpc) is 2.85. The van der Waals surface area contributed by atoms with Gasteiger partial charge in [-0.05, 0) is 18.2 Å². The third-order valence-electron chi connectivity index (χ3n) is 3.49. The summed E-state index contributed by atoms with van der Waals surface area (Å²) in [5, 5.41) is 10.7. The summed E-state index contributed by atoms with van der Waals surface area (Å²) < 4.78 is 19.7. The second-order valence-corrected chi connectivity index (χ2v) is 5.66. The summed E-state index contributed by atoms with van der Waals surface area (Å²) in [7, 11) is 0. The van der Waals surface area contributed by atoms with Crippen molar-refractivity contribution in [2.45, 2.75) is 12.5 Å². The predicted octanol–water partition coefficient (Wildman–Crippen LogP) is 0.771. The maximum absolute atomic E-state index is 14.0. The molecule has 22 heavy (non-hydrogen) atoms. The first-order valence-corrected chi connectivity index (χ1v) is 7.14. The molecule has 0 fully saturated rings. The Morgan fingerprint density at radius 1 is 1.27 bits per heavy atom. The molecule has 0 amide bonds. The highest BCUT2D eigenvalue weighted by Crippen LogP contribution is 2.49. The van der Waals surface area contributed by atoms with Gasteiger partial charge in [0.1, 0.15) is 11.9 Å². The average molecular weight is 455 g/mol. The van der Waals surface area contributed by atoms with Crippen molar-refractivity contribution in [3.05, 3.63) is 45.7 Å². The molecule has 3 N–H and O–H groups in total. The Labute approximate surface area is 154 Å². The molecule has 0 bridgehead atoms.